The van der Waals surface area contributed by atoms with Crippen molar-refractivity contribution < 1.29 is 22.4 Å². The number of carbonyl (C=O) groups excluding carboxylic acids is 2. The van der Waals surface area contributed by atoms with Crippen LogP contribution in [-0.4, -0.2) is 43.8 Å². The van der Waals surface area contributed by atoms with E-state index in [1.165, 1.54) is 35.2 Å². The van der Waals surface area contributed by atoms with Gasteiger partial charge in [-0.05, 0) is 75.6 Å². The number of nitrogens with zero attached hydrogens (tertiary/aromatic N) is 2. The first kappa shape index (κ1) is 29.8. The van der Waals surface area contributed by atoms with E-state index in [0.717, 1.165) is 15.4 Å². The lowest BCUT2D eigenvalue weighted by atomic mass is 10.1. The zero-order valence-electron chi connectivity index (χ0n) is 23.0. The molecule has 7 nitrogen and oxygen atoms in total. The number of aryl methyl sites for hydroxylation is 2. The number of sulfonamides is 1. The zero-order valence-corrected chi connectivity index (χ0v) is 23.8. The third-order valence-corrected chi connectivity index (χ3v) is 8.36. The van der Waals surface area contributed by atoms with E-state index in [4.69, 9.17) is 0 Å². The molecule has 39 heavy (non-hydrogen) atoms. The Kier molecular flexibility index (Phi) is 9.86. The standard InChI is InChI=1S/C30H36FN3O4S/c1-6-23(4)32-30(36)24(5)33(19-25-12-10-11-15-28(25)31)29(35)20-34(26-17-21(2)16-22(3)18-26)39(37,38)27-13-8-7-9-14-27/h7-18,23-24H,6,19-20H2,1-5H3,(H,32,36)/t23-,24-/m0/s1. The van der Waals surface area contributed by atoms with E-state index in [0.29, 0.717) is 12.1 Å². The fraction of sp³-hybridized carbons (Fsp3) is 0.333. The number of hydrogen-bond donors (Lipinski definition) is 1. The molecule has 1 N–H and O–H groups in total. The second-order valence-electron chi connectivity index (χ2n) is 9.78. The lowest BCUT2D eigenvalue weighted by Crippen LogP contribution is -2.52. The fourth-order valence-electron chi connectivity index (χ4n) is 4.20. The van der Waals surface area contributed by atoms with Crippen molar-refractivity contribution in [3.63, 3.8) is 0 Å². The summed E-state index contributed by atoms with van der Waals surface area (Å²) in [6.45, 7) is 8.25. The van der Waals surface area contributed by atoms with Crippen molar-refractivity contribution in [3.05, 3.63) is 95.3 Å². The second kappa shape index (κ2) is 12.9. The molecule has 0 aliphatic rings. The Hall–Kier alpha value is -3.72. The Labute approximate surface area is 230 Å². The number of benzene rings is 3. The molecule has 0 radical (unpaired) electrons. The molecule has 208 valence electrons. The first-order chi connectivity index (χ1) is 18.4. The molecule has 3 rings (SSSR count). The summed E-state index contributed by atoms with van der Waals surface area (Å²) in [5.41, 5.74) is 2.20. The Morgan fingerprint density at radius 2 is 1.51 bits per heavy atom. The molecule has 9 heteroatoms. The third-order valence-electron chi connectivity index (χ3n) is 6.57. The van der Waals surface area contributed by atoms with Crippen LogP contribution in [0.3, 0.4) is 0 Å². The number of nitrogens with one attached hydrogen (secondary N) is 1. The van der Waals surface area contributed by atoms with Gasteiger partial charge in [0, 0.05) is 18.2 Å². The molecule has 0 aromatic heterocycles. The van der Waals surface area contributed by atoms with Gasteiger partial charge in [0.05, 0.1) is 10.6 Å². The molecule has 3 aromatic rings. The van der Waals surface area contributed by atoms with E-state index in [9.17, 15) is 22.4 Å². The minimum Gasteiger partial charge on any atom is -0.352 e. The summed E-state index contributed by atoms with van der Waals surface area (Å²) in [6.07, 6.45) is 0.690. The molecular formula is C30H36FN3O4S. The van der Waals surface area contributed by atoms with E-state index < -0.39 is 40.2 Å². The number of halogens is 1. The van der Waals surface area contributed by atoms with Gasteiger partial charge >= 0.3 is 0 Å². The number of anilines is 1. The Balaban J connectivity index is 2.06. The Morgan fingerprint density at radius 3 is 2.10 bits per heavy atom. The van der Waals surface area contributed by atoms with E-state index in [-0.39, 0.29) is 23.0 Å². The van der Waals surface area contributed by atoms with Crippen molar-refractivity contribution in [1.29, 1.82) is 0 Å². The predicted octanol–water partition coefficient (Wildman–Crippen LogP) is 4.97. The Bertz CT molecular complexity index is 1390. The average Bonchev–Trinajstić information content (AvgIpc) is 2.90. The fourth-order valence-corrected chi connectivity index (χ4v) is 5.62. The van der Waals surface area contributed by atoms with Crippen LogP contribution < -0.4 is 9.62 Å². The first-order valence-electron chi connectivity index (χ1n) is 12.9. The molecule has 0 aliphatic heterocycles. The molecule has 0 bridgehead atoms. The van der Waals surface area contributed by atoms with Crippen LogP contribution in [0.25, 0.3) is 0 Å². The molecule has 3 aromatic carbocycles. The van der Waals surface area contributed by atoms with Gasteiger partial charge in [-0.15, -0.1) is 0 Å². The van der Waals surface area contributed by atoms with Crippen LogP contribution >= 0.6 is 0 Å². The number of carbonyl (C=O) groups is 2. The van der Waals surface area contributed by atoms with Gasteiger partial charge in [0.2, 0.25) is 11.8 Å². The number of rotatable bonds is 11. The van der Waals surface area contributed by atoms with Crippen molar-refractivity contribution in [2.75, 3.05) is 10.8 Å². The van der Waals surface area contributed by atoms with E-state index >= 15 is 0 Å². The van der Waals surface area contributed by atoms with Gasteiger partial charge in [-0.3, -0.25) is 13.9 Å². The van der Waals surface area contributed by atoms with Crippen molar-refractivity contribution in [2.24, 2.45) is 0 Å². The molecule has 0 heterocycles. The van der Waals surface area contributed by atoms with E-state index in [1.807, 2.05) is 33.8 Å². The van der Waals surface area contributed by atoms with Gasteiger partial charge in [0.25, 0.3) is 10.0 Å². The second-order valence-corrected chi connectivity index (χ2v) is 11.6. The minimum absolute atomic E-state index is 0.0279. The van der Waals surface area contributed by atoms with Crippen LogP contribution in [-0.2, 0) is 26.2 Å². The summed E-state index contributed by atoms with van der Waals surface area (Å²) in [4.78, 5) is 28.2. The molecule has 0 saturated carbocycles. The molecule has 0 spiro atoms. The van der Waals surface area contributed by atoms with Crippen LogP contribution in [0.2, 0.25) is 0 Å². The largest absolute Gasteiger partial charge is 0.352 e. The number of hydrogen-bond acceptors (Lipinski definition) is 4. The van der Waals surface area contributed by atoms with Gasteiger partial charge < -0.3 is 10.2 Å². The normalized spacial score (nSPS) is 12.9. The molecular weight excluding hydrogens is 517 g/mol. The zero-order chi connectivity index (χ0) is 28.7. The van der Waals surface area contributed by atoms with Gasteiger partial charge in [-0.25, -0.2) is 12.8 Å². The highest BCUT2D eigenvalue weighted by Gasteiger charge is 2.33. The van der Waals surface area contributed by atoms with E-state index in [1.54, 1.807) is 43.3 Å². The Morgan fingerprint density at radius 1 is 0.923 bits per heavy atom. The maximum absolute atomic E-state index is 14.6. The summed E-state index contributed by atoms with van der Waals surface area (Å²) in [5, 5.41) is 2.86. The quantitative estimate of drug-likeness (QED) is 0.363. The summed E-state index contributed by atoms with van der Waals surface area (Å²) in [6, 6.07) is 18.1. The van der Waals surface area contributed by atoms with Gasteiger partial charge in [-0.2, -0.15) is 0 Å². The summed E-state index contributed by atoms with van der Waals surface area (Å²) >= 11 is 0. The first-order valence-corrected chi connectivity index (χ1v) is 14.4. The van der Waals surface area contributed by atoms with Crippen molar-refractivity contribution >= 4 is 27.5 Å². The van der Waals surface area contributed by atoms with Crippen LogP contribution in [0.1, 0.15) is 43.9 Å². The van der Waals surface area contributed by atoms with Crippen LogP contribution in [0.4, 0.5) is 10.1 Å². The minimum atomic E-state index is -4.15. The molecule has 2 atom stereocenters. The SMILES string of the molecule is CC[C@H](C)NC(=O)[C@H](C)N(Cc1ccccc1F)C(=O)CN(c1cc(C)cc(C)c1)S(=O)(=O)c1ccccc1. The molecule has 0 aliphatic carbocycles. The average molecular weight is 554 g/mol. The van der Waals surface area contributed by atoms with Gasteiger partial charge in [-0.1, -0.05) is 49.4 Å². The highest BCUT2D eigenvalue weighted by atomic mass is 32.2. The highest BCUT2D eigenvalue weighted by molar-refractivity contribution is 7.92. The summed E-state index contributed by atoms with van der Waals surface area (Å²) in [7, 11) is -4.15. The summed E-state index contributed by atoms with van der Waals surface area (Å²) in [5.74, 6) is -1.56. The van der Waals surface area contributed by atoms with Crippen molar-refractivity contribution in [2.45, 2.75) is 64.6 Å². The van der Waals surface area contributed by atoms with Crippen LogP contribution in [0.5, 0.6) is 0 Å². The number of amides is 2. The maximum atomic E-state index is 14.6. The monoisotopic (exact) mass is 553 g/mol. The third kappa shape index (κ3) is 7.44. The van der Waals surface area contributed by atoms with Gasteiger partial charge in [0.15, 0.2) is 0 Å². The van der Waals surface area contributed by atoms with Gasteiger partial charge in [0.1, 0.15) is 18.4 Å². The van der Waals surface area contributed by atoms with Crippen molar-refractivity contribution in [3.8, 4) is 0 Å². The lowest BCUT2D eigenvalue weighted by Gasteiger charge is -2.32. The molecule has 0 unspecified atom stereocenters. The summed E-state index contributed by atoms with van der Waals surface area (Å²) < 4.78 is 43.3. The molecule has 0 fully saturated rings. The smallest absolute Gasteiger partial charge is 0.264 e. The molecule has 0 saturated heterocycles. The van der Waals surface area contributed by atoms with E-state index in [2.05, 4.69) is 5.32 Å². The molecule has 2 amide bonds. The lowest BCUT2D eigenvalue weighted by molar-refractivity contribution is -0.139. The van der Waals surface area contributed by atoms with Crippen molar-refractivity contribution in [1.82, 2.24) is 10.2 Å². The van der Waals surface area contributed by atoms with Crippen LogP contribution in [0.15, 0.2) is 77.7 Å². The topological polar surface area (TPSA) is 86.8 Å². The predicted molar refractivity (Wildman–Crippen MR) is 151 cm³/mol. The van der Waals surface area contributed by atoms with Crippen LogP contribution in [0, 0.1) is 19.7 Å². The maximum Gasteiger partial charge on any atom is 0.264 e. The highest BCUT2D eigenvalue weighted by Crippen LogP contribution is 2.26.